The lowest BCUT2D eigenvalue weighted by Gasteiger charge is -2.06. The second kappa shape index (κ2) is 10.6. The first kappa shape index (κ1) is 22.3. The Kier molecular flexibility index (Phi) is 7.60. The van der Waals surface area contributed by atoms with Crippen molar-refractivity contribution in [3.63, 3.8) is 0 Å². The number of rotatable bonds is 10. The SMILES string of the molecule is C=CCn1c(=O)[nH]c(C)c(Cc2nnc(SCC(=O)NCCc3ccccc3)o2)c1=O. The molecule has 162 valence electrons. The molecular weight excluding hydrogens is 418 g/mol. The van der Waals surface area contributed by atoms with Crippen LogP contribution in [0.2, 0.25) is 0 Å². The lowest BCUT2D eigenvalue weighted by atomic mass is 10.1. The highest BCUT2D eigenvalue weighted by Gasteiger charge is 2.16. The van der Waals surface area contributed by atoms with Crippen LogP contribution < -0.4 is 16.6 Å². The Labute approximate surface area is 182 Å². The van der Waals surface area contributed by atoms with E-state index >= 15 is 0 Å². The summed E-state index contributed by atoms with van der Waals surface area (Å²) in [5.41, 5.74) is 1.04. The minimum absolute atomic E-state index is 0.0788. The fraction of sp³-hybridized carbons (Fsp3) is 0.286. The van der Waals surface area contributed by atoms with Crippen molar-refractivity contribution >= 4 is 17.7 Å². The molecule has 3 rings (SSSR count). The van der Waals surface area contributed by atoms with E-state index in [1.807, 2.05) is 30.3 Å². The van der Waals surface area contributed by atoms with Crippen molar-refractivity contribution in [1.82, 2.24) is 25.1 Å². The molecule has 0 saturated heterocycles. The monoisotopic (exact) mass is 441 g/mol. The Hall–Kier alpha value is -3.40. The normalized spacial score (nSPS) is 10.7. The summed E-state index contributed by atoms with van der Waals surface area (Å²) in [6.45, 7) is 5.84. The number of benzene rings is 1. The fourth-order valence-electron chi connectivity index (χ4n) is 2.91. The Morgan fingerprint density at radius 3 is 2.81 bits per heavy atom. The summed E-state index contributed by atoms with van der Waals surface area (Å²) in [6, 6.07) is 9.90. The van der Waals surface area contributed by atoms with E-state index in [0.717, 1.165) is 28.3 Å². The average Bonchev–Trinajstić information content (AvgIpc) is 3.21. The summed E-state index contributed by atoms with van der Waals surface area (Å²) in [5, 5.41) is 10.9. The third-order valence-electron chi connectivity index (χ3n) is 4.49. The molecule has 0 bridgehead atoms. The highest BCUT2D eigenvalue weighted by Crippen LogP contribution is 2.17. The molecule has 2 N–H and O–H groups in total. The number of hydrogen-bond acceptors (Lipinski definition) is 7. The van der Waals surface area contributed by atoms with Gasteiger partial charge >= 0.3 is 5.69 Å². The fourth-order valence-corrected chi connectivity index (χ4v) is 3.52. The number of aromatic amines is 1. The zero-order chi connectivity index (χ0) is 22.2. The van der Waals surface area contributed by atoms with Crippen LogP contribution >= 0.6 is 11.8 Å². The highest BCUT2D eigenvalue weighted by atomic mass is 32.2. The van der Waals surface area contributed by atoms with Gasteiger partial charge < -0.3 is 14.7 Å². The van der Waals surface area contributed by atoms with E-state index in [0.29, 0.717) is 17.8 Å². The molecule has 1 aromatic carbocycles. The van der Waals surface area contributed by atoms with Gasteiger partial charge in [-0.1, -0.05) is 48.2 Å². The van der Waals surface area contributed by atoms with Crippen LogP contribution in [0, 0.1) is 6.92 Å². The van der Waals surface area contributed by atoms with Gasteiger partial charge in [0.1, 0.15) is 0 Å². The maximum absolute atomic E-state index is 12.6. The zero-order valence-electron chi connectivity index (χ0n) is 17.1. The number of aryl methyl sites for hydroxylation is 1. The van der Waals surface area contributed by atoms with E-state index in [1.54, 1.807) is 6.92 Å². The first-order valence-electron chi connectivity index (χ1n) is 9.67. The number of allylic oxidation sites excluding steroid dienone is 1. The molecule has 0 aliphatic carbocycles. The van der Waals surface area contributed by atoms with Crippen LogP contribution in [-0.2, 0) is 24.2 Å². The number of hydrogen-bond donors (Lipinski definition) is 2. The first-order chi connectivity index (χ1) is 15.0. The van der Waals surface area contributed by atoms with Crippen LogP contribution in [0.25, 0.3) is 0 Å². The lowest BCUT2D eigenvalue weighted by Crippen LogP contribution is -2.37. The number of amides is 1. The predicted molar refractivity (Wildman–Crippen MR) is 117 cm³/mol. The Morgan fingerprint density at radius 2 is 2.06 bits per heavy atom. The van der Waals surface area contributed by atoms with Gasteiger partial charge in [-0.05, 0) is 18.9 Å². The largest absolute Gasteiger partial charge is 0.416 e. The van der Waals surface area contributed by atoms with E-state index in [2.05, 4.69) is 27.1 Å². The molecule has 31 heavy (non-hydrogen) atoms. The molecule has 0 aliphatic heterocycles. The summed E-state index contributed by atoms with van der Waals surface area (Å²) in [6.07, 6.45) is 2.31. The Balaban J connectivity index is 1.54. The van der Waals surface area contributed by atoms with E-state index in [1.165, 1.54) is 6.08 Å². The highest BCUT2D eigenvalue weighted by molar-refractivity contribution is 7.99. The van der Waals surface area contributed by atoms with Crippen LogP contribution in [0.1, 0.15) is 22.7 Å². The van der Waals surface area contributed by atoms with Crippen LogP contribution in [0.4, 0.5) is 0 Å². The topological polar surface area (TPSA) is 123 Å². The minimum Gasteiger partial charge on any atom is -0.416 e. The Bertz CT molecular complexity index is 1170. The van der Waals surface area contributed by atoms with Gasteiger partial charge in [-0.3, -0.25) is 14.2 Å². The van der Waals surface area contributed by atoms with Crippen molar-refractivity contribution in [2.75, 3.05) is 12.3 Å². The molecule has 0 radical (unpaired) electrons. The molecule has 0 fully saturated rings. The molecule has 3 aromatic rings. The van der Waals surface area contributed by atoms with Crippen molar-refractivity contribution in [2.45, 2.75) is 31.5 Å². The lowest BCUT2D eigenvalue weighted by molar-refractivity contribution is -0.118. The van der Waals surface area contributed by atoms with E-state index < -0.39 is 11.2 Å². The number of nitrogens with zero attached hydrogens (tertiary/aromatic N) is 3. The molecule has 0 spiro atoms. The van der Waals surface area contributed by atoms with Crippen molar-refractivity contribution in [3.05, 3.63) is 86.5 Å². The number of aromatic nitrogens is 4. The predicted octanol–water partition coefficient (Wildman–Crippen LogP) is 1.46. The second-order valence-electron chi connectivity index (χ2n) is 6.75. The summed E-state index contributed by atoms with van der Waals surface area (Å²) in [5.74, 6) is 0.231. The van der Waals surface area contributed by atoms with Crippen LogP contribution in [0.3, 0.4) is 0 Å². The Morgan fingerprint density at radius 1 is 1.29 bits per heavy atom. The molecule has 0 unspecified atom stereocenters. The number of carbonyl (C=O) groups excluding carboxylic acids is 1. The maximum Gasteiger partial charge on any atom is 0.328 e. The molecule has 2 heterocycles. The van der Waals surface area contributed by atoms with E-state index in [4.69, 9.17) is 4.42 Å². The second-order valence-corrected chi connectivity index (χ2v) is 7.68. The van der Waals surface area contributed by atoms with Gasteiger partial charge in [0.05, 0.1) is 12.2 Å². The van der Waals surface area contributed by atoms with Crippen LogP contribution in [-0.4, -0.2) is 38.0 Å². The summed E-state index contributed by atoms with van der Waals surface area (Å²) in [4.78, 5) is 39.2. The van der Waals surface area contributed by atoms with Gasteiger partial charge in [0.25, 0.3) is 10.8 Å². The average molecular weight is 442 g/mol. The third kappa shape index (κ3) is 6.05. The number of carbonyl (C=O) groups is 1. The molecule has 0 aliphatic rings. The van der Waals surface area contributed by atoms with Gasteiger partial charge in [0.15, 0.2) is 0 Å². The molecular formula is C21H23N5O4S. The van der Waals surface area contributed by atoms with Crippen molar-refractivity contribution < 1.29 is 9.21 Å². The van der Waals surface area contributed by atoms with Gasteiger partial charge in [-0.15, -0.1) is 16.8 Å². The van der Waals surface area contributed by atoms with Crippen molar-refractivity contribution in [2.24, 2.45) is 0 Å². The van der Waals surface area contributed by atoms with Crippen LogP contribution in [0.15, 0.2) is 62.2 Å². The van der Waals surface area contributed by atoms with Gasteiger partial charge in [0.2, 0.25) is 11.8 Å². The van der Waals surface area contributed by atoms with Crippen molar-refractivity contribution in [3.8, 4) is 0 Å². The zero-order valence-corrected chi connectivity index (χ0v) is 17.9. The molecule has 0 atom stereocenters. The van der Waals surface area contributed by atoms with Crippen molar-refractivity contribution in [1.29, 1.82) is 0 Å². The number of thioether (sulfide) groups is 1. The van der Waals surface area contributed by atoms with Gasteiger partial charge in [-0.25, -0.2) is 4.79 Å². The molecule has 10 heteroatoms. The smallest absolute Gasteiger partial charge is 0.328 e. The van der Waals surface area contributed by atoms with E-state index in [-0.39, 0.29) is 35.7 Å². The quantitative estimate of drug-likeness (QED) is 0.361. The standard InChI is InChI=1S/C21H23N5O4S/c1-3-11-26-19(28)16(14(2)23-20(26)29)12-18-24-25-21(30-18)31-13-17(27)22-10-9-15-7-5-4-6-8-15/h3-8H,1,9-13H2,2H3,(H,22,27)(H,23,29). The van der Waals surface area contributed by atoms with E-state index in [9.17, 15) is 14.4 Å². The number of H-pyrrole nitrogens is 1. The molecule has 2 aromatic heterocycles. The van der Waals surface area contributed by atoms with Crippen LogP contribution in [0.5, 0.6) is 0 Å². The molecule has 1 amide bonds. The summed E-state index contributed by atoms with van der Waals surface area (Å²) < 4.78 is 6.61. The van der Waals surface area contributed by atoms with Gasteiger partial charge in [-0.2, -0.15) is 0 Å². The maximum atomic E-state index is 12.6. The third-order valence-corrected chi connectivity index (χ3v) is 5.31. The summed E-state index contributed by atoms with van der Waals surface area (Å²) >= 11 is 1.12. The number of nitrogens with one attached hydrogen (secondary N) is 2. The minimum atomic E-state index is -0.494. The first-order valence-corrected chi connectivity index (χ1v) is 10.7. The summed E-state index contributed by atoms with van der Waals surface area (Å²) in [7, 11) is 0. The van der Waals surface area contributed by atoms with Gasteiger partial charge in [0, 0.05) is 24.3 Å². The molecule has 0 saturated carbocycles. The molecule has 9 nitrogen and oxygen atoms in total.